The molecule has 3 nitrogen and oxygen atoms in total. The van der Waals surface area contributed by atoms with Crippen LogP contribution in [0.4, 0.5) is 0 Å². The van der Waals surface area contributed by atoms with Gasteiger partial charge in [0.05, 0.1) is 21.3 Å². The van der Waals surface area contributed by atoms with Gasteiger partial charge in [0.1, 0.15) is 17.2 Å². The van der Waals surface area contributed by atoms with Gasteiger partial charge in [0.2, 0.25) is 0 Å². The van der Waals surface area contributed by atoms with Crippen LogP contribution in [0.3, 0.4) is 0 Å². The van der Waals surface area contributed by atoms with Crippen molar-refractivity contribution >= 4 is 129 Å². The minimum Gasteiger partial charge on any atom is -0.497 e. The number of hydrogen-bond donors (Lipinski definition) is 0. The van der Waals surface area contributed by atoms with Gasteiger partial charge in [-0.1, -0.05) is 80.5 Å². The van der Waals surface area contributed by atoms with Gasteiger partial charge in [0.15, 0.2) is 0 Å². The first-order chi connectivity index (χ1) is 31.5. The van der Waals surface area contributed by atoms with Crippen molar-refractivity contribution in [3.05, 3.63) is 126 Å². The van der Waals surface area contributed by atoms with E-state index in [-0.39, 0.29) is 16.2 Å². The molecule has 13 aromatic rings. The molecule has 0 aliphatic heterocycles. The van der Waals surface area contributed by atoms with Crippen LogP contribution in [0.5, 0.6) is 17.2 Å². The molecule has 0 saturated heterocycles. The summed E-state index contributed by atoms with van der Waals surface area (Å²) >= 11 is 0. The van der Waals surface area contributed by atoms with Gasteiger partial charge in [-0.15, -0.1) is 0 Å². The average molecular weight is 859 g/mol. The predicted octanol–water partition coefficient (Wildman–Crippen LogP) is 17.8. The Kier molecular flexibility index (Phi) is 7.62. The molecule has 0 aliphatic carbocycles. The monoisotopic (exact) mass is 858 g/mol. The molecule has 3 heteroatoms. The second-order valence-corrected chi connectivity index (χ2v) is 22.4. The first-order valence-electron chi connectivity index (χ1n) is 23.5. The highest BCUT2D eigenvalue weighted by molar-refractivity contribution is 6.57. The normalized spacial score (nSPS) is 13.5. The Morgan fingerprint density at radius 3 is 0.697 bits per heavy atom. The summed E-state index contributed by atoms with van der Waals surface area (Å²) in [6, 6.07) is 42.5. The largest absolute Gasteiger partial charge is 0.497 e. The lowest BCUT2D eigenvalue weighted by Crippen LogP contribution is -2.10. The summed E-state index contributed by atoms with van der Waals surface area (Å²) in [4.78, 5) is 0. The molecule has 66 heavy (non-hydrogen) atoms. The maximum absolute atomic E-state index is 5.92. The van der Waals surface area contributed by atoms with E-state index >= 15 is 0 Å². The summed E-state index contributed by atoms with van der Waals surface area (Å²) in [7, 11) is 5.32. The molecular weight excluding hydrogens is 805 g/mol. The van der Waals surface area contributed by atoms with E-state index in [0.29, 0.717) is 0 Å². The van der Waals surface area contributed by atoms with Crippen LogP contribution in [0.25, 0.3) is 129 Å². The SMILES string of the molecule is COc1ccc2c(c1)cc1c3c2cc(C(C)(C)C)cc3c2c1c1c3cc(C(C)(C)C)cc4c5ccc(OC)cc5cc(c43)c1c1c3cc(C(C)(C)C)cc4c5ccc(OC)cc5cc(c43)c21. The van der Waals surface area contributed by atoms with E-state index in [2.05, 4.69) is 172 Å². The number of hydrogen-bond acceptors (Lipinski definition) is 3. The third-order valence-electron chi connectivity index (χ3n) is 15.5. The van der Waals surface area contributed by atoms with E-state index in [0.717, 1.165) is 17.2 Å². The van der Waals surface area contributed by atoms with Crippen LogP contribution in [0.15, 0.2) is 109 Å². The molecule has 0 N–H and O–H groups in total. The zero-order valence-corrected chi connectivity index (χ0v) is 40.1. The van der Waals surface area contributed by atoms with Crippen molar-refractivity contribution in [3.63, 3.8) is 0 Å². The third kappa shape index (κ3) is 5.09. The fourth-order valence-electron chi connectivity index (χ4n) is 12.1. The fourth-order valence-corrected chi connectivity index (χ4v) is 12.1. The molecule has 0 fully saturated rings. The van der Waals surface area contributed by atoms with Gasteiger partial charge in [-0.2, -0.15) is 0 Å². The van der Waals surface area contributed by atoms with Gasteiger partial charge in [0.25, 0.3) is 0 Å². The van der Waals surface area contributed by atoms with Crippen LogP contribution in [0.2, 0.25) is 0 Å². The van der Waals surface area contributed by atoms with Crippen LogP contribution < -0.4 is 14.2 Å². The number of ether oxygens (including phenoxy) is 3. The summed E-state index contributed by atoms with van der Waals surface area (Å²) in [5, 5.41) is 31.2. The Morgan fingerprint density at radius 2 is 0.470 bits per heavy atom. The van der Waals surface area contributed by atoms with Crippen molar-refractivity contribution in [2.45, 2.75) is 78.6 Å². The van der Waals surface area contributed by atoms with E-state index in [1.165, 1.54) is 146 Å². The van der Waals surface area contributed by atoms with Crippen LogP contribution >= 0.6 is 0 Å². The molecule has 0 radical (unpaired) electrons. The highest BCUT2D eigenvalue weighted by Gasteiger charge is 2.31. The zero-order valence-electron chi connectivity index (χ0n) is 40.1. The lowest BCUT2D eigenvalue weighted by Gasteiger charge is -2.20. The Balaban J connectivity index is 1.44. The molecular formula is C63H54O3. The van der Waals surface area contributed by atoms with Crippen LogP contribution in [0, 0.1) is 0 Å². The molecule has 0 saturated carbocycles. The summed E-state index contributed by atoms with van der Waals surface area (Å²) in [5.74, 6) is 2.60. The summed E-state index contributed by atoms with van der Waals surface area (Å²) < 4.78 is 17.8. The molecule has 0 aromatic heterocycles. The van der Waals surface area contributed by atoms with Crippen LogP contribution in [-0.2, 0) is 16.2 Å². The second kappa shape index (κ2) is 12.7. The van der Waals surface area contributed by atoms with E-state index in [4.69, 9.17) is 14.2 Å². The van der Waals surface area contributed by atoms with Crippen molar-refractivity contribution in [3.8, 4) is 17.2 Å². The standard InChI is InChI=1S/C63H54O3/c1-61(2,3)34-25-43-40-16-13-37(64-10)19-31(40)22-46-52(43)49(28-34)58-55(46)59-51-30-36(63(7,8)9)27-45-42-18-15-39(66-12)21-33(42)24-48(54(45)51)57(59)60-50-29-35(62(4,5)6)26-44-41-17-14-38(65-11)20-32(41)23-47(53(44)50)56(58)60/h13-30H,1-12H3. The Hall–Kier alpha value is -6.84. The zero-order chi connectivity index (χ0) is 45.7. The first-order valence-corrected chi connectivity index (χ1v) is 23.5. The Morgan fingerprint density at radius 1 is 0.242 bits per heavy atom. The van der Waals surface area contributed by atoms with Gasteiger partial charge in [-0.3, -0.25) is 0 Å². The second-order valence-electron chi connectivity index (χ2n) is 22.4. The van der Waals surface area contributed by atoms with Gasteiger partial charge in [-0.25, -0.2) is 0 Å². The van der Waals surface area contributed by atoms with Crippen molar-refractivity contribution in [1.82, 2.24) is 0 Å². The van der Waals surface area contributed by atoms with Crippen molar-refractivity contribution in [2.24, 2.45) is 0 Å². The van der Waals surface area contributed by atoms with Crippen molar-refractivity contribution < 1.29 is 14.2 Å². The third-order valence-corrected chi connectivity index (χ3v) is 15.5. The van der Waals surface area contributed by atoms with Gasteiger partial charge < -0.3 is 14.2 Å². The summed E-state index contributed by atoms with van der Waals surface area (Å²) in [6.07, 6.45) is 0. The fraction of sp³-hybridized carbons (Fsp3) is 0.238. The number of methoxy groups -OCH3 is 3. The molecule has 0 unspecified atom stereocenters. The lowest BCUT2D eigenvalue weighted by molar-refractivity contribution is 0.415. The highest BCUT2D eigenvalue weighted by Crippen LogP contribution is 2.58. The summed E-state index contributed by atoms with van der Waals surface area (Å²) in [6.45, 7) is 21.2. The van der Waals surface area contributed by atoms with Gasteiger partial charge in [-0.05, 0) is 253 Å². The smallest absolute Gasteiger partial charge is 0.119 e. The molecule has 324 valence electrons. The van der Waals surface area contributed by atoms with E-state index in [1.54, 1.807) is 21.3 Å². The molecule has 0 aliphatic rings. The Labute approximate surface area is 384 Å². The molecule has 13 rings (SSSR count). The average Bonchev–Trinajstić information content (AvgIpc) is 3.91. The highest BCUT2D eigenvalue weighted by atomic mass is 16.5. The molecule has 0 amide bonds. The molecule has 13 aromatic carbocycles. The molecule has 0 spiro atoms. The van der Waals surface area contributed by atoms with E-state index < -0.39 is 0 Å². The molecule has 0 atom stereocenters. The van der Waals surface area contributed by atoms with Gasteiger partial charge >= 0.3 is 0 Å². The van der Waals surface area contributed by atoms with Gasteiger partial charge in [0, 0.05) is 0 Å². The summed E-state index contributed by atoms with van der Waals surface area (Å²) in [5.41, 5.74) is 3.72. The minimum atomic E-state index is -0.0932. The van der Waals surface area contributed by atoms with E-state index in [1.807, 2.05) is 0 Å². The topological polar surface area (TPSA) is 27.7 Å². The number of fused-ring (bicyclic) bond motifs is 18. The maximum Gasteiger partial charge on any atom is 0.119 e. The van der Waals surface area contributed by atoms with E-state index in [9.17, 15) is 0 Å². The minimum absolute atomic E-state index is 0.0932. The van der Waals surface area contributed by atoms with Crippen LogP contribution in [-0.4, -0.2) is 21.3 Å². The molecule has 0 bridgehead atoms. The van der Waals surface area contributed by atoms with Crippen LogP contribution in [0.1, 0.15) is 79.0 Å². The predicted molar refractivity (Wildman–Crippen MR) is 286 cm³/mol. The quantitative estimate of drug-likeness (QED) is 0.166. The first kappa shape index (κ1) is 39.5. The Bertz CT molecular complexity index is 3790. The van der Waals surface area contributed by atoms with Crippen molar-refractivity contribution in [1.29, 1.82) is 0 Å². The molecule has 0 heterocycles. The lowest BCUT2D eigenvalue weighted by atomic mass is 9.84. The number of benzene rings is 10. The number of rotatable bonds is 3. The maximum atomic E-state index is 5.92. The van der Waals surface area contributed by atoms with Crippen molar-refractivity contribution in [2.75, 3.05) is 21.3 Å².